The number of nitrogens with zero attached hydrogens (tertiary/aromatic N) is 1. The van der Waals surface area contributed by atoms with E-state index in [9.17, 15) is 18.4 Å². The van der Waals surface area contributed by atoms with Crippen molar-refractivity contribution in [1.82, 2.24) is 21.1 Å². The third kappa shape index (κ3) is 5.45. The normalized spacial score (nSPS) is 21.8. The number of likely N-dealkylation sites (tertiary alicyclic amines) is 1. The number of rotatable bonds is 5. The molecule has 2 aromatic carbocycles. The molecule has 4 rings (SSSR count). The van der Waals surface area contributed by atoms with Crippen LogP contribution in [0.5, 0.6) is 0 Å². The van der Waals surface area contributed by atoms with Crippen LogP contribution in [0.4, 0.5) is 8.78 Å². The van der Waals surface area contributed by atoms with Crippen LogP contribution in [0.1, 0.15) is 36.4 Å². The van der Waals surface area contributed by atoms with E-state index in [2.05, 4.69) is 16.2 Å². The summed E-state index contributed by atoms with van der Waals surface area (Å²) in [6, 6.07) is 11.8. The number of benzene rings is 2. The Hall–Kier alpha value is -2.84. The lowest BCUT2D eigenvalue weighted by molar-refractivity contribution is -0.134. The molecule has 0 aliphatic carbocycles. The Kier molecular flexibility index (Phi) is 6.58. The van der Waals surface area contributed by atoms with Crippen LogP contribution in [0.15, 0.2) is 48.5 Å². The number of carbonyl (C=O) groups excluding carboxylic acids is 2. The summed E-state index contributed by atoms with van der Waals surface area (Å²) in [5.41, 5.74) is 7.89. The highest BCUT2D eigenvalue weighted by Gasteiger charge is 2.34. The molecule has 31 heavy (non-hydrogen) atoms. The summed E-state index contributed by atoms with van der Waals surface area (Å²) < 4.78 is 26.1. The standard InChI is InChI=1S/C23H26F2N4O2/c24-17-5-1-15(2-6-17)13-22(30)26-19-9-11-29(12-10-19)23(31)21-14-20(27-28-21)16-3-7-18(25)8-4-16/h1-8,19-21,27-28H,9-14H2,(H,26,30). The first-order valence-electron chi connectivity index (χ1n) is 10.6. The van der Waals surface area contributed by atoms with Gasteiger partial charge in [-0.15, -0.1) is 0 Å². The molecule has 2 aliphatic rings. The Bertz CT molecular complexity index is 912. The van der Waals surface area contributed by atoms with Crippen molar-refractivity contribution >= 4 is 11.8 Å². The molecule has 2 atom stereocenters. The summed E-state index contributed by atoms with van der Waals surface area (Å²) >= 11 is 0. The van der Waals surface area contributed by atoms with Gasteiger partial charge in [0.2, 0.25) is 11.8 Å². The van der Waals surface area contributed by atoms with Gasteiger partial charge in [-0.05, 0) is 54.7 Å². The van der Waals surface area contributed by atoms with E-state index in [-0.39, 0.29) is 48.0 Å². The van der Waals surface area contributed by atoms with Gasteiger partial charge in [0.25, 0.3) is 0 Å². The lowest BCUT2D eigenvalue weighted by atomic mass is 9.99. The number of hydrazine groups is 1. The third-order valence-electron chi connectivity index (χ3n) is 5.92. The van der Waals surface area contributed by atoms with Crippen molar-refractivity contribution in [2.45, 2.75) is 43.8 Å². The van der Waals surface area contributed by atoms with Gasteiger partial charge in [0.05, 0.1) is 6.42 Å². The van der Waals surface area contributed by atoms with Crippen LogP contribution in [0, 0.1) is 11.6 Å². The molecule has 3 N–H and O–H groups in total. The van der Waals surface area contributed by atoms with E-state index in [0.29, 0.717) is 32.4 Å². The Morgan fingerprint density at radius 1 is 0.935 bits per heavy atom. The van der Waals surface area contributed by atoms with Gasteiger partial charge in [-0.25, -0.2) is 19.6 Å². The van der Waals surface area contributed by atoms with Crippen LogP contribution in [0.25, 0.3) is 0 Å². The molecular weight excluding hydrogens is 402 g/mol. The Balaban J connectivity index is 1.22. The molecular formula is C23H26F2N4O2. The van der Waals surface area contributed by atoms with E-state index in [1.165, 1.54) is 24.3 Å². The van der Waals surface area contributed by atoms with E-state index in [4.69, 9.17) is 0 Å². The van der Waals surface area contributed by atoms with Crippen molar-refractivity contribution < 1.29 is 18.4 Å². The molecule has 2 aliphatic heterocycles. The quantitative estimate of drug-likeness (QED) is 0.683. The maximum Gasteiger partial charge on any atom is 0.241 e. The first kappa shape index (κ1) is 21.4. The maximum absolute atomic E-state index is 13.1. The number of halogens is 2. The van der Waals surface area contributed by atoms with Crippen LogP contribution in [-0.4, -0.2) is 41.9 Å². The summed E-state index contributed by atoms with van der Waals surface area (Å²) in [7, 11) is 0. The van der Waals surface area contributed by atoms with E-state index in [0.717, 1.165) is 11.1 Å². The Labute approximate surface area is 180 Å². The molecule has 2 amide bonds. The van der Waals surface area contributed by atoms with Crippen LogP contribution in [0.3, 0.4) is 0 Å². The largest absolute Gasteiger partial charge is 0.353 e. The minimum atomic E-state index is -0.334. The fourth-order valence-corrected chi connectivity index (χ4v) is 4.16. The molecule has 0 bridgehead atoms. The van der Waals surface area contributed by atoms with Crippen LogP contribution < -0.4 is 16.2 Å². The average molecular weight is 428 g/mol. The molecule has 6 nitrogen and oxygen atoms in total. The van der Waals surface area contributed by atoms with Crippen molar-refractivity contribution in [1.29, 1.82) is 0 Å². The highest BCUT2D eigenvalue weighted by Crippen LogP contribution is 2.24. The monoisotopic (exact) mass is 428 g/mol. The molecule has 2 heterocycles. The van der Waals surface area contributed by atoms with Crippen LogP contribution in [-0.2, 0) is 16.0 Å². The van der Waals surface area contributed by atoms with Gasteiger partial charge in [-0.3, -0.25) is 9.59 Å². The lowest BCUT2D eigenvalue weighted by Gasteiger charge is -2.33. The van der Waals surface area contributed by atoms with Crippen molar-refractivity contribution in [3.63, 3.8) is 0 Å². The number of hydrogen-bond donors (Lipinski definition) is 3. The van der Waals surface area contributed by atoms with Crippen molar-refractivity contribution in [2.75, 3.05) is 13.1 Å². The highest BCUT2D eigenvalue weighted by atomic mass is 19.1. The lowest BCUT2D eigenvalue weighted by Crippen LogP contribution is -2.51. The van der Waals surface area contributed by atoms with E-state index >= 15 is 0 Å². The molecule has 164 valence electrons. The van der Waals surface area contributed by atoms with E-state index in [1.54, 1.807) is 24.3 Å². The van der Waals surface area contributed by atoms with Gasteiger partial charge in [0, 0.05) is 25.2 Å². The number of nitrogens with one attached hydrogen (secondary N) is 3. The predicted molar refractivity (Wildman–Crippen MR) is 112 cm³/mol. The number of piperidine rings is 1. The second-order valence-corrected chi connectivity index (χ2v) is 8.15. The third-order valence-corrected chi connectivity index (χ3v) is 5.92. The van der Waals surface area contributed by atoms with Crippen molar-refractivity contribution in [2.24, 2.45) is 0 Å². The Morgan fingerprint density at radius 2 is 1.55 bits per heavy atom. The van der Waals surface area contributed by atoms with Crippen LogP contribution >= 0.6 is 0 Å². The van der Waals surface area contributed by atoms with Gasteiger partial charge >= 0.3 is 0 Å². The zero-order chi connectivity index (χ0) is 21.8. The van der Waals surface area contributed by atoms with Crippen LogP contribution in [0.2, 0.25) is 0 Å². The molecule has 0 spiro atoms. The van der Waals surface area contributed by atoms with Crippen molar-refractivity contribution in [3.05, 3.63) is 71.3 Å². The topological polar surface area (TPSA) is 73.5 Å². The van der Waals surface area contributed by atoms with Gasteiger partial charge in [0.15, 0.2) is 0 Å². The highest BCUT2D eigenvalue weighted by molar-refractivity contribution is 5.82. The number of hydrogen-bond acceptors (Lipinski definition) is 4. The summed E-state index contributed by atoms with van der Waals surface area (Å²) in [5, 5.41) is 3.01. The van der Waals surface area contributed by atoms with E-state index < -0.39 is 0 Å². The SMILES string of the molecule is O=C(Cc1ccc(F)cc1)NC1CCN(C(=O)C2CC(c3ccc(F)cc3)NN2)CC1. The molecule has 2 unspecified atom stereocenters. The van der Waals surface area contributed by atoms with Gasteiger partial charge in [-0.1, -0.05) is 24.3 Å². The first-order valence-corrected chi connectivity index (χ1v) is 10.6. The second kappa shape index (κ2) is 9.53. The van der Waals surface area contributed by atoms with E-state index in [1.807, 2.05) is 4.90 Å². The average Bonchev–Trinajstić information content (AvgIpc) is 3.26. The number of amides is 2. The zero-order valence-electron chi connectivity index (χ0n) is 17.1. The molecule has 2 fully saturated rings. The summed E-state index contributed by atoms with van der Waals surface area (Å²) in [6.45, 7) is 1.17. The first-order chi connectivity index (χ1) is 15.0. The minimum absolute atomic E-state index is 0.0265. The molecule has 2 aromatic rings. The zero-order valence-corrected chi connectivity index (χ0v) is 17.1. The second-order valence-electron chi connectivity index (χ2n) is 8.15. The molecule has 2 saturated heterocycles. The fraction of sp³-hybridized carbons (Fsp3) is 0.391. The summed E-state index contributed by atoms with van der Waals surface area (Å²) in [6.07, 6.45) is 2.20. The maximum atomic E-state index is 13.1. The molecule has 0 radical (unpaired) electrons. The van der Waals surface area contributed by atoms with Gasteiger partial charge in [0.1, 0.15) is 17.7 Å². The summed E-state index contributed by atoms with van der Waals surface area (Å²) in [5.74, 6) is -0.666. The van der Waals surface area contributed by atoms with Gasteiger partial charge < -0.3 is 10.2 Å². The Morgan fingerprint density at radius 3 is 2.19 bits per heavy atom. The summed E-state index contributed by atoms with van der Waals surface area (Å²) in [4.78, 5) is 27.0. The predicted octanol–water partition coefficient (Wildman–Crippen LogP) is 2.22. The minimum Gasteiger partial charge on any atom is -0.353 e. The van der Waals surface area contributed by atoms with Gasteiger partial charge in [-0.2, -0.15) is 0 Å². The molecule has 0 saturated carbocycles. The number of carbonyl (C=O) groups is 2. The van der Waals surface area contributed by atoms with Crippen molar-refractivity contribution in [3.8, 4) is 0 Å². The molecule has 0 aromatic heterocycles. The fourth-order valence-electron chi connectivity index (χ4n) is 4.16. The smallest absolute Gasteiger partial charge is 0.241 e. The molecule has 8 heteroatoms.